The average Bonchev–Trinajstić information content (AvgIpc) is 2.73. The molecule has 1 N–H and O–H groups in total. The Bertz CT molecular complexity index is 508. The molecule has 1 aromatic carbocycles. The van der Waals surface area contributed by atoms with E-state index < -0.39 is 0 Å². The predicted octanol–water partition coefficient (Wildman–Crippen LogP) is 4.98. The number of furan rings is 1. The SMILES string of the molecule is CCc1cc(Br)ccc1NCc1occc1Br. The lowest BCUT2D eigenvalue weighted by atomic mass is 10.1. The summed E-state index contributed by atoms with van der Waals surface area (Å²) in [4.78, 5) is 0. The van der Waals surface area contributed by atoms with Crippen LogP contribution >= 0.6 is 31.9 Å². The van der Waals surface area contributed by atoms with Crippen molar-refractivity contribution in [2.75, 3.05) is 5.32 Å². The smallest absolute Gasteiger partial charge is 0.136 e. The summed E-state index contributed by atoms with van der Waals surface area (Å²) in [6.07, 6.45) is 2.69. The van der Waals surface area contributed by atoms with E-state index in [1.54, 1.807) is 6.26 Å². The highest BCUT2D eigenvalue weighted by molar-refractivity contribution is 9.10. The third-order valence-corrected chi connectivity index (χ3v) is 3.78. The minimum Gasteiger partial charge on any atom is -0.466 e. The Morgan fingerprint density at radius 1 is 1.24 bits per heavy atom. The minimum atomic E-state index is 0.683. The second kappa shape index (κ2) is 5.74. The molecule has 0 bridgehead atoms. The van der Waals surface area contributed by atoms with E-state index in [9.17, 15) is 0 Å². The van der Waals surface area contributed by atoms with Crippen LogP contribution in [0.1, 0.15) is 18.2 Å². The van der Waals surface area contributed by atoms with Crippen LogP contribution in [0.25, 0.3) is 0 Å². The third-order valence-electron chi connectivity index (χ3n) is 2.58. The second-order valence-electron chi connectivity index (χ2n) is 3.70. The summed E-state index contributed by atoms with van der Waals surface area (Å²) in [5, 5.41) is 3.39. The molecule has 0 amide bonds. The van der Waals surface area contributed by atoms with Crippen LogP contribution < -0.4 is 5.32 Å². The van der Waals surface area contributed by atoms with Gasteiger partial charge in [-0.15, -0.1) is 0 Å². The van der Waals surface area contributed by atoms with E-state index in [-0.39, 0.29) is 0 Å². The van der Waals surface area contributed by atoms with Gasteiger partial charge in [0, 0.05) is 10.2 Å². The molecular weight excluding hydrogens is 346 g/mol. The minimum absolute atomic E-state index is 0.683. The van der Waals surface area contributed by atoms with Crippen molar-refractivity contribution in [3.8, 4) is 0 Å². The summed E-state index contributed by atoms with van der Waals surface area (Å²) in [6, 6.07) is 8.16. The lowest BCUT2D eigenvalue weighted by Crippen LogP contribution is -2.01. The van der Waals surface area contributed by atoms with Gasteiger partial charge in [0.05, 0.1) is 17.3 Å². The van der Waals surface area contributed by atoms with Crippen LogP contribution in [0.2, 0.25) is 0 Å². The van der Waals surface area contributed by atoms with Gasteiger partial charge in [-0.2, -0.15) is 0 Å². The number of nitrogens with one attached hydrogen (secondary N) is 1. The molecule has 0 unspecified atom stereocenters. The number of anilines is 1. The third kappa shape index (κ3) is 3.13. The van der Waals surface area contributed by atoms with E-state index in [1.165, 1.54) is 5.56 Å². The molecule has 17 heavy (non-hydrogen) atoms. The zero-order chi connectivity index (χ0) is 12.3. The molecule has 90 valence electrons. The van der Waals surface area contributed by atoms with Crippen LogP contribution in [-0.2, 0) is 13.0 Å². The maximum atomic E-state index is 5.36. The maximum absolute atomic E-state index is 5.36. The van der Waals surface area contributed by atoms with Gasteiger partial charge in [-0.05, 0) is 52.2 Å². The lowest BCUT2D eigenvalue weighted by molar-refractivity contribution is 0.516. The van der Waals surface area contributed by atoms with Gasteiger partial charge in [0.15, 0.2) is 0 Å². The Kier molecular flexibility index (Phi) is 4.29. The van der Waals surface area contributed by atoms with Crippen LogP contribution in [0.3, 0.4) is 0 Å². The Morgan fingerprint density at radius 2 is 2.06 bits per heavy atom. The molecule has 1 aromatic heterocycles. The summed E-state index contributed by atoms with van der Waals surface area (Å²) >= 11 is 6.93. The largest absolute Gasteiger partial charge is 0.466 e. The molecule has 0 saturated heterocycles. The highest BCUT2D eigenvalue weighted by atomic mass is 79.9. The van der Waals surface area contributed by atoms with Crippen LogP contribution in [0, 0.1) is 0 Å². The number of hydrogen-bond donors (Lipinski definition) is 1. The highest BCUT2D eigenvalue weighted by Gasteiger charge is 2.05. The maximum Gasteiger partial charge on any atom is 0.136 e. The van der Waals surface area contributed by atoms with Crippen molar-refractivity contribution in [2.45, 2.75) is 19.9 Å². The molecule has 0 atom stereocenters. The lowest BCUT2D eigenvalue weighted by Gasteiger charge is -2.10. The van der Waals surface area contributed by atoms with Gasteiger partial charge in [0.25, 0.3) is 0 Å². The summed E-state index contributed by atoms with van der Waals surface area (Å²) < 4.78 is 7.48. The Morgan fingerprint density at radius 3 is 2.71 bits per heavy atom. The molecule has 0 fully saturated rings. The number of rotatable bonds is 4. The van der Waals surface area contributed by atoms with Crippen LogP contribution in [0.5, 0.6) is 0 Å². The zero-order valence-corrected chi connectivity index (χ0v) is 12.6. The number of hydrogen-bond acceptors (Lipinski definition) is 2. The van der Waals surface area contributed by atoms with Gasteiger partial charge < -0.3 is 9.73 Å². The molecule has 2 nitrogen and oxygen atoms in total. The highest BCUT2D eigenvalue weighted by Crippen LogP contribution is 2.24. The fourth-order valence-corrected chi connectivity index (χ4v) is 2.40. The van der Waals surface area contributed by atoms with Crippen LogP contribution in [0.4, 0.5) is 5.69 Å². The molecule has 2 aromatic rings. The molecule has 2 rings (SSSR count). The second-order valence-corrected chi connectivity index (χ2v) is 5.47. The summed E-state index contributed by atoms with van der Waals surface area (Å²) in [5.41, 5.74) is 2.45. The van der Waals surface area contributed by atoms with Gasteiger partial charge in [0.1, 0.15) is 5.76 Å². The molecule has 0 aliphatic carbocycles. The standard InChI is InChI=1S/C13H13Br2NO/c1-2-9-7-10(14)3-4-12(9)16-8-13-11(15)5-6-17-13/h3-7,16H,2,8H2,1H3. The monoisotopic (exact) mass is 357 g/mol. The van der Waals surface area contributed by atoms with Gasteiger partial charge in [-0.25, -0.2) is 0 Å². The van der Waals surface area contributed by atoms with Crippen molar-refractivity contribution < 1.29 is 4.42 Å². The molecule has 0 radical (unpaired) electrons. The van der Waals surface area contributed by atoms with Crippen LogP contribution in [-0.4, -0.2) is 0 Å². The Balaban J connectivity index is 2.11. The van der Waals surface area contributed by atoms with E-state index in [4.69, 9.17) is 4.42 Å². The van der Waals surface area contributed by atoms with Gasteiger partial charge in [-0.3, -0.25) is 0 Å². The molecule has 1 heterocycles. The summed E-state index contributed by atoms with van der Waals surface area (Å²) in [5.74, 6) is 0.912. The first kappa shape index (κ1) is 12.7. The first-order valence-corrected chi connectivity index (χ1v) is 7.03. The first-order valence-electron chi connectivity index (χ1n) is 5.45. The van der Waals surface area contributed by atoms with E-state index in [0.717, 1.165) is 26.8 Å². The van der Waals surface area contributed by atoms with Crippen molar-refractivity contribution >= 4 is 37.5 Å². The predicted molar refractivity (Wildman–Crippen MR) is 77.3 cm³/mol. The van der Waals surface area contributed by atoms with E-state index >= 15 is 0 Å². The van der Waals surface area contributed by atoms with Crippen molar-refractivity contribution in [3.05, 3.63) is 50.8 Å². The fraction of sp³-hybridized carbons (Fsp3) is 0.231. The van der Waals surface area contributed by atoms with Gasteiger partial charge in [-0.1, -0.05) is 22.9 Å². The van der Waals surface area contributed by atoms with E-state index in [1.807, 2.05) is 12.1 Å². The molecular formula is C13H13Br2NO. The molecule has 0 spiro atoms. The van der Waals surface area contributed by atoms with Gasteiger partial charge >= 0.3 is 0 Å². The van der Waals surface area contributed by atoms with Crippen molar-refractivity contribution in [2.24, 2.45) is 0 Å². The molecule has 0 saturated carbocycles. The molecule has 0 aliphatic heterocycles. The Labute approximate surface area is 118 Å². The topological polar surface area (TPSA) is 25.2 Å². The quantitative estimate of drug-likeness (QED) is 0.833. The zero-order valence-electron chi connectivity index (χ0n) is 9.47. The molecule has 0 aliphatic rings. The van der Waals surface area contributed by atoms with Crippen molar-refractivity contribution in [3.63, 3.8) is 0 Å². The number of halogens is 2. The van der Waals surface area contributed by atoms with Gasteiger partial charge in [0.2, 0.25) is 0 Å². The molecule has 4 heteroatoms. The van der Waals surface area contributed by atoms with Crippen LogP contribution in [0.15, 0.2) is 43.9 Å². The first-order chi connectivity index (χ1) is 8.20. The Hall–Kier alpha value is -0.740. The van der Waals surface area contributed by atoms with E-state index in [0.29, 0.717) is 6.54 Å². The summed E-state index contributed by atoms with van der Waals surface area (Å²) in [6.45, 7) is 2.83. The van der Waals surface area contributed by atoms with Crippen molar-refractivity contribution in [1.82, 2.24) is 0 Å². The normalized spacial score (nSPS) is 10.5. The fourth-order valence-electron chi connectivity index (χ4n) is 1.65. The average molecular weight is 359 g/mol. The number of aryl methyl sites for hydroxylation is 1. The number of benzene rings is 1. The summed E-state index contributed by atoms with van der Waals surface area (Å²) in [7, 11) is 0. The van der Waals surface area contributed by atoms with Crippen molar-refractivity contribution in [1.29, 1.82) is 0 Å². The van der Waals surface area contributed by atoms with E-state index in [2.05, 4.69) is 56.2 Å².